The zero-order valence-corrected chi connectivity index (χ0v) is 17.6. The van der Waals surface area contributed by atoms with Gasteiger partial charge in [0.2, 0.25) is 0 Å². The molecular formula is C26H21F3N2O. The maximum absolute atomic E-state index is 14.7. The molecule has 0 atom stereocenters. The summed E-state index contributed by atoms with van der Waals surface area (Å²) in [7, 11) is 0. The van der Waals surface area contributed by atoms with Gasteiger partial charge in [0.05, 0.1) is 17.1 Å². The predicted octanol–water partition coefficient (Wildman–Crippen LogP) is 6.81. The molecule has 162 valence electrons. The molecule has 4 rings (SSSR count). The van der Waals surface area contributed by atoms with Crippen LogP contribution in [0, 0.1) is 24.4 Å². The second kappa shape index (κ2) is 9.14. The maximum atomic E-state index is 14.7. The van der Waals surface area contributed by atoms with Crippen LogP contribution in [-0.4, -0.2) is 10.3 Å². The normalized spacial score (nSPS) is 11.6. The number of nitrogens with zero attached hydrogens (tertiary/aromatic N) is 2. The van der Waals surface area contributed by atoms with Crippen molar-refractivity contribution in [3.8, 4) is 16.9 Å². The fraction of sp³-hybridized carbons (Fsp3) is 0.115. The smallest absolute Gasteiger partial charge is 0.147 e. The average Bonchev–Trinajstić information content (AvgIpc) is 3.11. The Morgan fingerprint density at radius 1 is 0.875 bits per heavy atom. The summed E-state index contributed by atoms with van der Waals surface area (Å²) in [6.45, 7) is 3.77. The molecule has 0 N–H and O–H groups in total. The number of oxime groups is 1. The van der Waals surface area contributed by atoms with Crippen molar-refractivity contribution >= 4 is 5.71 Å². The van der Waals surface area contributed by atoms with Gasteiger partial charge in [-0.05, 0) is 79.6 Å². The molecule has 0 saturated heterocycles. The molecule has 1 aromatic heterocycles. The molecule has 3 aromatic carbocycles. The molecule has 4 aromatic rings. The van der Waals surface area contributed by atoms with E-state index in [1.54, 1.807) is 54.0 Å². The lowest BCUT2D eigenvalue weighted by atomic mass is 10.1. The van der Waals surface area contributed by atoms with Crippen molar-refractivity contribution < 1.29 is 18.0 Å². The molecule has 0 fully saturated rings. The molecule has 0 spiro atoms. The standard InChI is InChI=1S/C26H21F3N2O/c1-17(30-32-16-19-6-5-7-22(28)14-19)23-15-26(20-10-12-21(27)13-11-20)31(18(23)2)25-9-4-3-8-24(25)29/h3-15H,16H2,1-2H3/b30-17-. The summed E-state index contributed by atoms with van der Waals surface area (Å²) in [4.78, 5) is 5.43. The van der Waals surface area contributed by atoms with E-state index in [9.17, 15) is 13.2 Å². The van der Waals surface area contributed by atoms with Gasteiger partial charge in [0.15, 0.2) is 0 Å². The largest absolute Gasteiger partial charge is 0.391 e. The molecule has 0 unspecified atom stereocenters. The minimum absolute atomic E-state index is 0.118. The third-order valence-corrected chi connectivity index (χ3v) is 5.19. The van der Waals surface area contributed by atoms with E-state index in [2.05, 4.69) is 5.16 Å². The van der Waals surface area contributed by atoms with Crippen LogP contribution in [0.1, 0.15) is 23.7 Å². The number of benzene rings is 3. The Balaban J connectivity index is 1.73. The summed E-state index contributed by atoms with van der Waals surface area (Å²) < 4.78 is 43.3. The topological polar surface area (TPSA) is 26.5 Å². The fourth-order valence-electron chi connectivity index (χ4n) is 3.63. The second-order valence-electron chi connectivity index (χ2n) is 7.40. The maximum Gasteiger partial charge on any atom is 0.147 e. The third-order valence-electron chi connectivity index (χ3n) is 5.19. The lowest BCUT2D eigenvalue weighted by molar-refractivity contribution is 0.130. The first-order valence-corrected chi connectivity index (χ1v) is 10.1. The van der Waals surface area contributed by atoms with E-state index in [1.807, 2.05) is 13.0 Å². The van der Waals surface area contributed by atoms with Crippen molar-refractivity contribution in [1.29, 1.82) is 0 Å². The Bertz CT molecular complexity index is 1280. The van der Waals surface area contributed by atoms with Crippen LogP contribution in [0.4, 0.5) is 13.2 Å². The minimum Gasteiger partial charge on any atom is -0.391 e. The van der Waals surface area contributed by atoms with Gasteiger partial charge in [-0.1, -0.05) is 29.4 Å². The SMILES string of the molecule is C/C(=N/OCc1cccc(F)c1)c1cc(-c2ccc(F)cc2)n(-c2ccccc2F)c1C. The average molecular weight is 434 g/mol. The van der Waals surface area contributed by atoms with Gasteiger partial charge in [0.25, 0.3) is 0 Å². The fourth-order valence-corrected chi connectivity index (χ4v) is 3.63. The van der Waals surface area contributed by atoms with Crippen molar-refractivity contribution in [1.82, 2.24) is 4.57 Å². The number of rotatable bonds is 6. The highest BCUT2D eigenvalue weighted by Crippen LogP contribution is 2.31. The van der Waals surface area contributed by atoms with Crippen LogP contribution in [0.25, 0.3) is 16.9 Å². The molecule has 32 heavy (non-hydrogen) atoms. The van der Waals surface area contributed by atoms with Crippen molar-refractivity contribution in [2.45, 2.75) is 20.5 Å². The Labute approximate surface area is 184 Å². The predicted molar refractivity (Wildman–Crippen MR) is 119 cm³/mol. The van der Waals surface area contributed by atoms with E-state index in [0.717, 1.165) is 16.8 Å². The molecule has 0 bridgehead atoms. The summed E-state index contributed by atoms with van der Waals surface area (Å²) in [5.74, 6) is -1.07. The van der Waals surface area contributed by atoms with Crippen LogP contribution in [0.2, 0.25) is 0 Å². The van der Waals surface area contributed by atoms with Crippen molar-refractivity contribution in [2.75, 3.05) is 0 Å². The Hall–Kier alpha value is -3.80. The lowest BCUT2D eigenvalue weighted by Crippen LogP contribution is -2.04. The van der Waals surface area contributed by atoms with Crippen LogP contribution in [-0.2, 0) is 11.4 Å². The molecule has 0 radical (unpaired) electrons. The van der Waals surface area contributed by atoms with Gasteiger partial charge in [-0.3, -0.25) is 0 Å². The van der Waals surface area contributed by atoms with Gasteiger partial charge in [-0.25, -0.2) is 13.2 Å². The van der Waals surface area contributed by atoms with Crippen molar-refractivity contribution in [3.05, 3.63) is 113 Å². The van der Waals surface area contributed by atoms with E-state index >= 15 is 0 Å². The zero-order valence-electron chi connectivity index (χ0n) is 17.6. The summed E-state index contributed by atoms with van der Waals surface area (Å²) in [5, 5.41) is 4.19. The molecule has 1 heterocycles. The first-order valence-electron chi connectivity index (χ1n) is 10.1. The summed E-state index contributed by atoms with van der Waals surface area (Å²) in [5.41, 5.74) is 4.56. The first-order chi connectivity index (χ1) is 15.4. The first kappa shape index (κ1) is 21.4. The molecule has 0 aliphatic heterocycles. The third kappa shape index (κ3) is 4.44. The van der Waals surface area contributed by atoms with E-state index in [1.165, 1.54) is 30.3 Å². The molecule has 0 amide bonds. The number of para-hydroxylation sites is 1. The Kier molecular flexibility index (Phi) is 6.12. The summed E-state index contributed by atoms with van der Waals surface area (Å²) in [6, 6.07) is 20.5. The Morgan fingerprint density at radius 2 is 1.62 bits per heavy atom. The minimum atomic E-state index is -0.377. The summed E-state index contributed by atoms with van der Waals surface area (Å²) >= 11 is 0. The monoisotopic (exact) mass is 434 g/mol. The zero-order chi connectivity index (χ0) is 22.7. The highest BCUT2D eigenvalue weighted by Gasteiger charge is 2.19. The molecule has 0 aliphatic carbocycles. The van der Waals surface area contributed by atoms with Crippen molar-refractivity contribution in [3.63, 3.8) is 0 Å². The number of halogens is 3. The molecule has 0 aliphatic rings. The van der Waals surface area contributed by atoms with Crippen LogP contribution in [0.15, 0.2) is 84.0 Å². The van der Waals surface area contributed by atoms with Gasteiger partial charge in [-0.2, -0.15) is 0 Å². The van der Waals surface area contributed by atoms with Crippen molar-refractivity contribution in [2.24, 2.45) is 5.16 Å². The number of aromatic nitrogens is 1. The van der Waals surface area contributed by atoms with Crippen LogP contribution >= 0.6 is 0 Å². The van der Waals surface area contributed by atoms with Gasteiger partial charge in [0.1, 0.15) is 24.1 Å². The number of hydrogen-bond acceptors (Lipinski definition) is 2. The van der Waals surface area contributed by atoms with E-state index in [0.29, 0.717) is 22.7 Å². The molecule has 3 nitrogen and oxygen atoms in total. The van der Waals surface area contributed by atoms with Gasteiger partial charge >= 0.3 is 0 Å². The highest BCUT2D eigenvalue weighted by atomic mass is 19.1. The molecular weight excluding hydrogens is 413 g/mol. The Morgan fingerprint density at radius 3 is 2.34 bits per heavy atom. The molecule has 0 saturated carbocycles. The van der Waals surface area contributed by atoms with Crippen LogP contribution in [0.5, 0.6) is 0 Å². The summed E-state index contributed by atoms with van der Waals surface area (Å²) in [6.07, 6.45) is 0. The lowest BCUT2D eigenvalue weighted by Gasteiger charge is -2.13. The highest BCUT2D eigenvalue weighted by molar-refractivity contribution is 6.01. The van der Waals surface area contributed by atoms with Gasteiger partial charge in [0, 0.05) is 11.3 Å². The van der Waals surface area contributed by atoms with Gasteiger partial charge < -0.3 is 9.40 Å². The number of hydrogen-bond donors (Lipinski definition) is 0. The van der Waals surface area contributed by atoms with E-state index in [-0.39, 0.29) is 24.1 Å². The van der Waals surface area contributed by atoms with Crippen LogP contribution < -0.4 is 0 Å². The van der Waals surface area contributed by atoms with Crippen LogP contribution in [0.3, 0.4) is 0 Å². The second-order valence-corrected chi connectivity index (χ2v) is 7.40. The molecule has 6 heteroatoms. The van der Waals surface area contributed by atoms with E-state index < -0.39 is 0 Å². The van der Waals surface area contributed by atoms with E-state index in [4.69, 9.17) is 4.84 Å². The quantitative estimate of drug-likeness (QED) is 0.242. The van der Waals surface area contributed by atoms with Gasteiger partial charge in [-0.15, -0.1) is 0 Å².